The molecule has 0 radical (unpaired) electrons. The fraction of sp³-hybridized carbons (Fsp3) is 0.833. The van der Waals surface area contributed by atoms with Crippen molar-refractivity contribution in [1.82, 2.24) is 4.90 Å². The topological polar surface area (TPSA) is 29.3 Å². The van der Waals surface area contributed by atoms with Crippen LogP contribution in [0.3, 0.4) is 0 Å². The number of nitrogens with zero attached hydrogens (tertiary/aromatic N) is 1. The first-order valence-corrected chi connectivity index (χ1v) is 4.82. The predicted molar refractivity (Wildman–Crippen MR) is 50.3 cm³/mol. The van der Waals surface area contributed by atoms with Crippen LogP contribution in [0.1, 0.15) is 6.92 Å². The van der Waals surface area contributed by atoms with Gasteiger partial charge < -0.3 is 10.6 Å². The first-order chi connectivity index (χ1) is 4.70. The van der Waals surface area contributed by atoms with Crippen molar-refractivity contribution in [3.05, 3.63) is 0 Å². The molecule has 0 saturated carbocycles. The number of rotatable bonds is 0. The summed E-state index contributed by atoms with van der Waals surface area (Å²) in [5.41, 5.74) is 5.48. The number of nitrogens with two attached hydrogens (primary N) is 1. The van der Waals surface area contributed by atoms with Crippen LogP contribution in [-0.2, 0) is 0 Å². The Morgan fingerprint density at radius 2 is 2.50 bits per heavy atom. The average molecular weight is 176 g/mol. The molecule has 0 spiro atoms. The van der Waals surface area contributed by atoms with Gasteiger partial charge in [0.25, 0.3) is 0 Å². The Balaban J connectivity index is 2.39. The maximum absolute atomic E-state index is 5.48. The molecule has 4 heteroatoms. The highest BCUT2D eigenvalue weighted by molar-refractivity contribution is 8.00. The van der Waals surface area contributed by atoms with Gasteiger partial charge in [0, 0.05) is 24.1 Å². The third-order valence-electron chi connectivity index (χ3n) is 1.55. The van der Waals surface area contributed by atoms with E-state index in [-0.39, 0.29) is 0 Å². The van der Waals surface area contributed by atoms with Crippen molar-refractivity contribution in [1.29, 1.82) is 0 Å². The van der Waals surface area contributed by atoms with Gasteiger partial charge >= 0.3 is 0 Å². The van der Waals surface area contributed by atoms with Gasteiger partial charge in [-0.25, -0.2) is 0 Å². The standard InChI is InChI=1S/C6H12N2S2/c1-5-4-8(6(7)9)2-3-10-5/h5H,2-4H2,1H3,(H2,7,9). The van der Waals surface area contributed by atoms with E-state index < -0.39 is 0 Å². The quantitative estimate of drug-likeness (QED) is 0.549. The summed E-state index contributed by atoms with van der Waals surface area (Å²) >= 11 is 6.85. The Kier molecular flexibility index (Phi) is 2.80. The third-order valence-corrected chi connectivity index (χ3v) is 2.95. The molecular weight excluding hydrogens is 164 g/mol. The molecule has 1 heterocycles. The second kappa shape index (κ2) is 3.44. The van der Waals surface area contributed by atoms with E-state index in [0.29, 0.717) is 10.4 Å². The summed E-state index contributed by atoms with van der Waals surface area (Å²) in [6.45, 7) is 4.24. The van der Waals surface area contributed by atoms with E-state index >= 15 is 0 Å². The Hall–Kier alpha value is 0.0400. The van der Waals surface area contributed by atoms with E-state index in [9.17, 15) is 0 Å². The zero-order chi connectivity index (χ0) is 7.56. The summed E-state index contributed by atoms with van der Waals surface area (Å²) in [6, 6.07) is 0. The van der Waals surface area contributed by atoms with E-state index in [1.165, 1.54) is 0 Å². The maximum Gasteiger partial charge on any atom is 0.166 e. The van der Waals surface area contributed by atoms with Crippen LogP contribution in [0.15, 0.2) is 0 Å². The zero-order valence-electron chi connectivity index (χ0n) is 6.04. The van der Waals surface area contributed by atoms with Gasteiger partial charge in [0.1, 0.15) is 0 Å². The summed E-state index contributed by atoms with van der Waals surface area (Å²) in [5.74, 6) is 1.15. The molecule has 0 aromatic heterocycles. The molecule has 1 saturated heterocycles. The molecule has 0 aliphatic carbocycles. The Labute approximate surface area is 71.1 Å². The van der Waals surface area contributed by atoms with Crippen LogP contribution in [0.4, 0.5) is 0 Å². The zero-order valence-corrected chi connectivity index (χ0v) is 7.67. The van der Waals surface area contributed by atoms with Crippen LogP contribution in [0.5, 0.6) is 0 Å². The van der Waals surface area contributed by atoms with Crippen molar-refractivity contribution in [2.45, 2.75) is 12.2 Å². The predicted octanol–water partition coefficient (Wildman–Crippen LogP) is 0.667. The van der Waals surface area contributed by atoms with Crippen molar-refractivity contribution >= 4 is 29.1 Å². The van der Waals surface area contributed by atoms with Gasteiger partial charge in [-0.2, -0.15) is 11.8 Å². The fourth-order valence-electron chi connectivity index (χ4n) is 1.02. The van der Waals surface area contributed by atoms with Crippen LogP contribution in [-0.4, -0.2) is 34.1 Å². The minimum absolute atomic E-state index is 0.548. The summed E-state index contributed by atoms with van der Waals surface area (Å²) in [5, 5.41) is 1.22. The first kappa shape index (κ1) is 8.14. The van der Waals surface area contributed by atoms with Crippen LogP contribution in [0, 0.1) is 0 Å². The van der Waals surface area contributed by atoms with Gasteiger partial charge in [-0.15, -0.1) is 0 Å². The van der Waals surface area contributed by atoms with Crippen LogP contribution < -0.4 is 5.73 Å². The summed E-state index contributed by atoms with van der Waals surface area (Å²) < 4.78 is 0. The molecule has 1 rings (SSSR count). The summed E-state index contributed by atoms with van der Waals surface area (Å²) in [7, 11) is 0. The second-order valence-corrected chi connectivity index (χ2v) is 4.43. The lowest BCUT2D eigenvalue weighted by Gasteiger charge is -2.30. The molecule has 1 unspecified atom stereocenters. The molecule has 0 amide bonds. The molecule has 2 N–H and O–H groups in total. The minimum atomic E-state index is 0.548. The smallest absolute Gasteiger partial charge is 0.166 e. The second-order valence-electron chi connectivity index (χ2n) is 2.47. The largest absolute Gasteiger partial charge is 0.376 e. The SMILES string of the molecule is CC1CN(C(N)=S)CCS1. The van der Waals surface area contributed by atoms with Gasteiger partial charge in [0.05, 0.1) is 0 Å². The third kappa shape index (κ3) is 2.02. The number of hydrogen-bond donors (Lipinski definition) is 1. The highest BCUT2D eigenvalue weighted by atomic mass is 32.2. The highest BCUT2D eigenvalue weighted by Crippen LogP contribution is 2.16. The fourth-order valence-corrected chi connectivity index (χ4v) is 2.20. The van der Waals surface area contributed by atoms with Crippen LogP contribution in [0.25, 0.3) is 0 Å². The van der Waals surface area contributed by atoms with E-state index in [0.717, 1.165) is 18.8 Å². The van der Waals surface area contributed by atoms with Gasteiger partial charge in [-0.3, -0.25) is 0 Å². The Morgan fingerprint density at radius 3 is 2.90 bits per heavy atom. The number of hydrogen-bond acceptors (Lipinski definition) is 2. The molecular formula is C6H12N2S2. The molecule has 1 atom stereocenters. The summed E-state index contributed by atoms with van der Waals surface area (Å²) in [4.78, 5) is 2.07. The van der Waals surface area contributed by atoms with Gasteiger partial charge in [-0.05, 0) is 12.2 Å². The molecule has 10 heavy (non-hydrogen) atoms. The lowest BCUT2D eigenvalue weighted by Crippen LogP contribution is -2.43. The lowest BCUT2D eigenvalue weighted by atomic mass is 10.4. The van der Waals surface area contributed by atoms with Crippen molar-refractivity contribution in [3.8, 4) is 0 Å². The van der Waals surface area contributed by atoms with Gasteiger partial charge in [-0.1, -0.05) is 6.92 Å². The monoisotopic (exact) mass is 176 g/mol. The normalized spacial score (nSPS) is 26.5. The van der Waals surface area contributed by atoms with E-state index in [1.807, 2.05) is 11.8 Å². The van der Waals surface area contributed by atoms with E-state index in [4.69, 9.17) is 18.0 Å². The van der Waals surface area contributed by atoms with Crippen molar-refractivity contribution < 1.29 is 0 Å². The molecule has 1 aliphatic heterocycles. The Morgan fingerprint density at radius 1 is 1.80 bits per heavy atom. The minimum Gasteiger partial charge on any atom is -0.376 e. The maximum atomic E-state index is 5.48. The van der Waals surface area contributed by atoms with Crippen LogP contribution >= 0.6 is 24.0 Å². The van der Waals surface area contributed by atoms with Gasteiger partial charge in [0.2, 0.25) is 0 Å². The van der Waals surface area contributed by atoms with Crippen molar-refractivity contribution in [2.75, 3.05) is 18.8 Å². The molecule has 0 bridgehead atoms. The molecule has 0 aromatic carbocycles. The van der Waals surface area contributed by atoms with Crippen molar-refractivity contribution in [3.63, 3.8) is 0 Å². The molecule has 1 fully saturated rings. The Bertz CT molecular complexity index is 138. The summed E-state index contributed by atoms with van der Waals surface area (Å²) in [6.07, 6.45) is 0. The van der Waals surface area contributed by atoms with Crippen LogP contribution in [0.2, 0.25) is 0 Å². The molecule has 58 valence electrons. The highest BCUT2D eigenvalue weighted by Gasteiger charge is 2.16. The number of thioether (sulfide) groups is 1. The molecule has 1 aliphatic rings. The van der Waals surface area contributed by atoms with Crippen molar-refractivity contribution in [2.24, 2.45) is 5.73 Å². The van der Waals surface area contributed by atoms with E-state index in [2.05, 4.69) is 11.8 Å². The lowest BCUT2D eigenvalue weighted by molar-refractivity contribution is 0.439. The van der Waals surface area contributed by atoms with Gasteiger partial charge in [0.15, 0.2) is 5.11 Å². The van der Waals surface area contributed by atoms with E-state index in [1.54, 1.807) is 0 Å². The first-order valence-electron chi connectivity index (χ1n) is 3.36. The average Bonchev–Trinajstić information content (AvgIpc) is 1.88. The molecule has 0 aromatic rings. The number of thiocarbonyl (C=S) groups is 1. The molecule has 2 nitrogen and oxygen atoms in total.